The summed E-state index contributed by atoms with van der Waals surface area (Å²) >= 11 is 12.0. The summed E-state index contributed by atoms with van der Waals surface area (Å²) in [5.41, 5.74) is 0. The third-order valence-corrected chi connectivity index (χ3v) is 7.35. The summed E-state index contributed by atoms with van der Waals surface area (Å²) in [6, 6.07) is 4.63. The van der Waals surface area contributed by atoms with E-state index in [1.165, 1.54) is 16.4 Å². The topological polar surface area (TPSA) is 57.7 Å². The first-order valence-corrected chi connectivity index (χ1v) is 9.75. The molecular weight excluding hydrogens is 359 g/mol. The van der Waals surface area contributed by atoms with Gasteiger partial charge in [-0.1, -0.05) is 36.2 Å². The van der Waals surface area contributed by atoms with Crippen LogP contribution in [0.3, 0.4) is 0 Å². The molecule has 1 aromatic rings. The molecule has 1 saturated carbocycles. The number of rotatable bonds is 3. The second-order valence-corrected chi connectivity index (χ2v) is 8.79. The average Bonchev–Trinajstić information content (AvgIpc) is 3.23. The van der Waals surface area contributed by atoms with Gasteiger partial charge in [0.15, 0.2) is 0 Å². The summed E-state index contributed by atoms with van der Waals surface area (Å²) in [6.45, 7) is 3.39. The number of nitrogens with zero attached hydrogens (tertiary/aromatic N) is 2. The highest BCUT2D eigenvalue weighted by Gasteiger charge is 2.42. The van der Waals surface area contributed by atoms with Gasteiger partial charge in [-0.3, -0.25) is 4.79 Å². The predicted molar refractivity (Wildman–Crippen MR) is 89.1 cm³/mol. The van der Waals surface area contributed by atoms with Gasteiger partial charge in [0.25, 0.3) is 0 Å². The number of sulfonamides is 1. The largest absolute Gasteiger partial charge is 0.340 e. The minimum absolute atomic E-state index is 0.0566. The van der Waals surface area contributed by atoms with Crippen molar-refractivity contribution in [2.45, 2.75) is 18.2 Å². The Labute approximate surface area is 146 Å². The third-order valence-electron chi connectivity index (χ3n) is 4.49. The van der Waals surface area contributed by atoms with Gasteiger partial charge in [0.1, 0.15) is 4.90 Å². The molecule has 1 aliphatic carbocycles. The van der Waals surface area contributed by atoms with Crippen LogP contribution in [0.4, 0.5) is 0 Å². The van der Waals surface area contributed by atoms with E-state index in [0.717, 1.165) is 6.42 Å². The molecule has 0 spiro atoms. The molecule has 8 heteroatoms. The van der Waals surface area contributed by atoms with Crippen LogP contribution in [0.15, 0.2) is 23.1 Å². The average molecular weight is 377 g/mol. The number of amides is 1. The van der Waals surface area contributed by atoms with Crippen molar-refractivity contribution in [2.75, 3.05) is 26.2 Å². The highest BCUT2D eigenvalue weighted by atomic mass is 35.5. The molecule has 0 N–H and O–H groups in total. The van der Waals surface area contributed by atoms with Gasteiger partial charge in [-0.25, -0.2) is 8.42 Å². The van der Waals surface area contributed by atoms with Gasteiger partial charge in [-0.15, -0.1) is 0 Å². The van der Waals surface area contributed by atoms with Gasteiger partial charge in [0.05, 0.1) is 10.0 Å². The van der Waals surface area contributed by atoms with Crippen molar-refractivity contribution < 1.29 is 13.2 Å². The van der Waals surface area contributed by atoms with Crippen LogP contribution in [-0.4, -0.2) is 49.7 Å². The molecule has 0 bridgehead atoms. The van der Waals surface area contributed by atoms with Crippen molar-refractivity contribution in [1.82, 2.24) is 9.21 Å². The van der Waals surface area contributed by atoms with E-state index < -0.39 is 10.0 Å². The maximum absolute atomic E-state index is 12.8. The van der Waals surface area contributed by atoms with E-state index in [9.17, 15) is 13.2 Å². The first-order chi connectivity index (χ1) is 10.8. The molecule has 126 valence electrons. The van der Waals surface area contributed by atoms with E-state index in [4.69, 9.17) is 23.2 Å². The molecule has 2 aliphatic rings. The van der Waals surface area contributed by atoms with Gasteiger partial charge in [0, 0.05) is 32.1 Å². The van der Waals surface area contributed by atoms with Crippen LogP contribution in [0.25, 0.3) is 0 Å². The third kappa shape index (κ3) is 3.22. The van der Waals surface area contributed by atoms with Gasteiger partial charge in [-0.2, -0.15) is 4.31 Å². The highest BCUT2D eigenvalue weighted by Crippen LogP contribution is 2.39. The number of halogens is 2. The zero-order chi connectivity index (χ0) is 16.8. The monoisotopic (exact) mass is 376 g/mol. The second-order valence-electron chi connectivity index (χ2n) is 6.10. The minimum Gasteiger partial charge on any atom is -0.340 e. The Morgan fingerprint density at radius 2 is 1.65 bits per heavy atom. The molecule has 0 radical (unpaired) electrons. The van der Waals surface area contributed by atoms with Crippen molar-refractivity contribution in [3.63, 3.8) is 0 Å². The zero-order valence-electron chi connectivity index (χ0n) is 12.7. The van der Waals surface area contributed by atoms with E-state index in [-0.39, 0.29) is 39.9 Å². The van der Waals surface area contributed by atoms with Crippen LogP contribution in [0.5, 0.6) is 0 Å². The number of piperazine rings is 1. The first-order valence-electron chi connectivity index (χ1n) is 7.55. The van der Waals surface area contributed by atoms with Crippen LogP contribution in [0.1, 0.15) is 13.3 Å². The molecule has 2 atom stereocenters. The Hall–Kier alpha value is -0.820. The molecule has 2 fully saturated rings. The lowest BCUT2D eigenvalue weighted by atomic mass is 10.2. The minimum atomic E-state index is -3.76. The molecular formula is C15H18Cl2N2O3S. The van der Waals surface area contributed by atoms with Crippen LogP contribution in [-0.2, 0) is 14.8 Å². The lowest BCUT2D eigenvalue weighted by molar-refractivity contribution is -0.134. The smallest absolute Gasteiger partial charge is 0.246 e. The number of carbonyl (C=O) groups is 1. The number of hydrogen-bond donors (Lipinski definition) is 0. The molecule has 0 aromatic heterocycles. The predicted octanol–water partition coefficient (Wildman–Crippen LogP) is 2.48. The number of hydrogen-bond acceptors (Lipinski definition) is 3. The standard InChI is InChI=1S/C15H18Cl2N2O3S/c1-10-9-11(10)15(20)18-5-7-19(8-6-18)23(21,22)14-12(16)3-2-4-13(14)17/h2-4,10-11H,5-9H2,1H3/t10-,11-/m1/s1. The van der Waals surface area contributed by atoms with Crippen molar-refractivity contribution in [3.8, 4) is 0 Å². The van der Waals surface area contributed by atoms with Gasteiger partial charge in [-0.05, 0) is 24.5 Å². The fourth-order valence-corrected chi connectivity index (χ4v) is 5.42. The Bertz CT molecular complexity index is 710. The Morgan fingerprint density at radius 3 is 2.13 bits per heavy atom. The van der Waals surface area contributed by atoms with E-state index in [1.807, 2.05) is 0 Å². The Kier molecular flexibility index (Phi) is 4.62. The van der Waals surface area contributed by atoms with Crippen molar-refractivity contribution >= 4 is 39.1 Å². The lowest BCUT2D eigenvalue weighted by Crippen LogP contribution is -2.51. The summed E-state index contributed by atoms with van der Waals surface area (Å²) in [6.07, 6.45) is 0.937. The fraction of sp³-hybridized carbons (Fsp3) is 0.533. The van der Waals surface area contributed by atoms with Gasteiger partial charge < -0.3 is 4.90 Å². The van der Waals surface area contributed by atoms with Crippen LogP contribution >= 0.6 is 23.2 Å². The summed E-state index contributed by atoms with van der Waals surface area (Å²) in [5.74, 6) is 0.715. The molecule has 3 rings (SSSR count). The van der Waals surface area contributed by atoms with E-state index in [2.05, 4.69) is 6.92 Å². The second kappa shape index (κ2) is 6.24. The summed E-state index contributed by atoms with van der Waals surface area (Å²) in [4.78, 5) is 13.9. The van der Waals surface area contributed by atoms with E-state index in [0.29, 0.717) is 19.0 Å². The Balaban J connectivity index is 1.73. The molecule has 1 heterocycles. The molecule has 1 saturated heterocycles. The maximum atomic E-state index is 12.8. The normalized spacial score (nSPS) is 25.4. The van der Waals surface area contributed by atoms with Crippen molar-refractivity contribution in [1.29, 1.82) is 0 Å². The molecule has 23 heavy (non-hydrogen) atoms. The van der Waals surface area contributed by atoms with Gasteiger partial charge in [0.2, 0.25) is 15.9 Å². The van der Waals surface area contributed by atoms with E-state index in [1.54, 1.807) is 11.0 Å². The molecule has 1 aromatic carbocycles. The van der Waals surface area contributed by atoms with Crippen molar-refractivity contribution in [3.05, 3.63) is 28.2 Å². The zero-order valence-corrected chi connectivity index (χ0v) is 15.0. The summed E-state index contributed by atoms with van der Waals surface area (Å²) in [7, 11) is -3.76. The van der Waals surface area contributed by atoms with Crippen LogP contribution in [0.2, 0.25) is 10.0 Å². The molecule has 1 aliphatic heterocycles. The lowest BCUT2D eigenvalue weighted by Gasteiger charge is -2.34. The van der Waals surface area contributed by atoms with Crippen LogP contribution in [0, 0.1) is 11.8 Å². The van der Waals surface area contributed by atoms with Gasteiger partial charge >= 0.3 is 0 Å². The quantitative estimate of drug-likeness (QED) is 0.813. The molecule has 0 unspecified atom stereocenters. The molecule has 5 nitrogen and oxygen atoms in total. The highest BCUT2D eigenvalue weighted by molar-refractivity contribution is 7.89. The maximum Gasteiger partial charge on any atom is 0.246 e. The SMILES string of the molecule is C[C@@H]1C[C@H]1C(=O)N1CCN(S(=O)(=O)c2c(Cl)cccc2Cl)CC1. The van der Waals surface area contributed by atoms with E-state index >= 15 is 0 Å². The number of carbonyl (C=O) groups excluding carboxylic acids is 1. The molecule has 1 amide bonds. The summed E-state index contributed by atoms with van der Waals surface area (Å²) < 4.78 is 26.9. The number of benzene rings is 1. The van der Waals surface area contributed by atoms with Crippen molar-refractivity contribution in [2.24, 2.45) is 11.8 Å². The summed E-state index contributed by atoms with van der Waals surface area (Å²) in [5, 5.41) is 0.227. The van der Waals surface area contributed by atoms with Crippen LogP contribution < -0.4 is 0 Å². The fourth-order valence-electron chi connectivity index (χ4n) is 2.91. The first kappa shape index (κ1) is 17.0. The Morgan fingerprint density at radius 1 is 1.13 bits per heavy atom.